The van der Waals surface area contributed by atoms with Gasteiger partial charge in [0.1, 0.15) is 28.8 Å². The lowest BCUT2D eigenvalue weighted by Crippen LogP contribution is -2.39. The summed E-state index contributed by atoms with van der Waals surface area (Å²) in [5, 5.41) is 10.4. The Hall–Kier alpha value is -2.98. The van der Waals surface area contributed by atoms with E-state index < -0.39 is 0 Å². The molecule has 1 fully saturated rings. The van der Waals surface area contributed by atoms with Crippen molar-refractivity contribution < 1.29 is 13.9 Å². The summed E-state index contributed by atoms with van der Waals surface area (Å²) in [5.74, 6) is 1.81. The Balaban J connectivity index is 1.38. The van der Waals surface area contributed by atoms with Gasteiger partial charge >= 0.3 is 4.87 Å². The lowest BCUT2D eigenvalue weighted by Gasteiger charge is -2.18. The van der Waals surface area contributed by atoms with Crippen LogP contribution >= 0.6 is 11.3 Å². The Morgan fingerprint density at radius 3 is 2.73 bits per heavy atom. The van der Waals surface area contributed by atoms with Gasteiger partial charge in [0.25, 0.3) is 5.91 Å². The largest absolute Gasteiger partial charge is 0.487 e. The van der Waals surface area contributed by atoms with Gasteiger partial charge in [-0.25, -0.2) is 10.1 Å². The smallest absolute Gasteiger partial charge is 0.322 e. The third-order valence-corrected chi connectivity index (χ3v) is 5.96. The normalized spacial score (nSPS) is 19.2. The van der Waals surface area contributed by atoms with E-state index in [0.29, 0.717) is 30.4 Å². The molecule has 1 aromatic carbocycles. The first-order valence-electron chi connectivity index (χ1n) is 9.59. The predicted molar refractivity (Wildman–Crippen MR) is 111 cm³/mol. The number of benzene rings is 1. The molecule has 1 amide bonds. The summed E-state index contributed by atoms with van der Waals surface area (Å²) in [5.41, 5.74) is 1.30. The highest BCUT2D eigenvalue weighted by atomic mass is 32.1. The van der Waals surface area contributed by atoms with Gasteiger partial charge in [-0.2, -0.15) is 5.10 Å². The predicted octanol–water partition coefficient (Wildman–Crippen LogP) is 1.84. The fraction of sp³-hybridized carbons (Fsp3) is 0.400. The van der Waals surface area contributed by atoms with Crippen LogP contribution in [-0.4, -0.2) is 52.2 Å². The molecule has 4 rings (SSSR count). The Morgan fingerprint density at radius 1 is 1.33 bits per heavy atom. The molecule has 0 unspecified atom stereocenters. The van der Waals surface area contributed by atoms with E-state index in [-0.39, 0.29) is 22.7 Å². The number of nitrogens with zero attached hydrogens (tertiary/aromatic N) is 3. The van der Waals surface area contributed by atoms with Crippen molar-refractivity contribution in [3.05, 3.63) is 61.8 Å². The molecule has 158 valence electrons. The van der Waals surface area contributed by atoms with Gasteiger partial charge in [-0.3, -0.25) is 9.59 Å². The van der Waals surface area contributed by atoms with Crippen molar-refractivity contribution in [2.75, 3.05) is 20.1 Å². The van der Waals surface area contributed by atoms with Gasteiger partial charge in [0.05, 0.1) is 6.04 Å². The SMILES string of the molecule is Cc1nc(COc2ccc(C(=O)N[C@@H]3CN(C)C[C@@H]3c3n[nH]c(=O)s3)cc2)c(C)o1. The van der Waals surface area contributed by atoms with E-state index in [1.807, 2.05) is 14.0 Å². The van der Waals surface area contributed by atoms with Gasteiger partial charge < -0.3 is 19.4 Å². The lowest BCUT2D eigenvalue weighted by molar-refractivity contribution is 0.0935. The van der Waals surface area contributed by atoms with E-state index in [9.17, 15) is 9.59 Å². The highest BCUT2D eigenvalue weighted by Crippen LogP contribution is 2.27. The van der Waals surface area contributed by atoms with Crippen molar-refractivity contribution >= 4 is 17.2 Å². The number of amides is 1. The van der Waals surface area contributed by atoms with Crippen molar-refractivity contribution in [1.82, 2.24) is 25.4 Å². The molecule has 0 spiro atoms. The molecule has 1 aliphatic heterocycles. The summed E-state index contributed by atoms with van der Waals surface area (Å²) < 4.78 is 11.1. The number of H-pyrrole nitrogens is 1. The standard InChI is InChI=1S/C20H23N5O4S/c1-11-17(21-12(2)29-11)10-28-14-6-4-13(5-7-14)18(26)22-16-9-25(3)8-15(16)19-23-24-20(27)30-19/h4-7,15-16H,8-10H2,1-3H3,(H,22,26)(H,24,27)/t15-,16+/m0/s1. The zero-order valence-corrected chi connectivity index (χ0v) is 17.8. The summed E-state index contributed by atoms with van der Waals surface area (Å²) in [7, 11) is 1.98. The number of hydrogen-bond acceptors (Lipinski definition) is 8. The van der Waals surface area contributed by atoms with E-state index in [1.54, 1.807) is 31.2 Å². The molecular weight excluding hydrogens is 406 g/mol. The van der Waals surface area contributed by atoms with Crippen LogP contribution < -0.4 is 14.9 Å². The molecule has 9 nitrogen and oxygen atoms in total. The van der Waals surface area contributed by atoms with E-state index in [0.717, 1.165) is 34.3 Å². The number of likely N-dealkylation sites (tertiary alicyclic amines) is 1. The molecule has 10 heteroatoms. The van der Waals surface area contributed by atoms with E-state index in [4.69, 9.17) is 9.15 Å². The number of hydrogen-bond donors (Lipinski definition) is 2. The molecule has 0 radical (unpaired) electrons. The number of ether oxygens (including phenoxy) is 1. The average Bonchev–Trinajstić information content (AvgIpc) is 3.39. The van der Waals surface area contributed by atoms with Crippen LogP contribution in [0.3, 0.4) is 0 Å². The second-order valence-corrected chi connectivity index (χ2v) is 8.40. The topological polar surface area (TPSA) is 113 Å². The van der Waals surface area contributed by atoms with Crippen molar-refractivity contribution in [3.63, 3.8) is 0 Å². The zero-order valence-electron chi connectivity index (χ0n) is 17.0. The maximum Gasteiger partial charge on any atom is 0.322 e. The Bertz CT molecular complexity index is 1090. The first-order valence-corrected chi connectivity index (χ1v) is 10.4. The van der Waals surface area contributed by atoms with Crippen LogP contribution in [0.2, 0.25) is 0 Å². The fourth-order valence-electron chi connectivity index (χ4n) is 3.61. The summed E-state index contributed by atoms with van der Waals surface area (Å²) in [4.78, 5) is 30.4. The second-order valence-electron chi connectivity index (χ2n) is 7.41. The molecule has 30 heavy (non-hydrogen) atoms. The first kappa shape index (κ1) is 20.3. The molecule has 0 aliphatic carbocycles. The van der Waals surface area contributed by atoms with Crippen molar-refractivity contribution in [2.24, 2.45) is 0 Å². The van der Waals surface area contributed by atoms with Crippen LogP contribution in [0.5, 0.6) is 5.75 Å². The highest BCUT2D eigenvalue weighted by Gasteiger charge is 2.35. The van der Waals surface area contributed by atoms with Gasteiger partial charge in [-0.15, -0.1) is 0 Å². The summed E-state index contributed by atoms with van der Waals surface area (Å²) in [6, 6.07) is 6.86. The van der Waals surface area contributed by atoms with E-state index in [1.165, 1.54) is 0 Å². The quantitative estimate of drug-likeness (QED) is 0.615. The van der Waals surface area contributed by atoms with Gasteiger partial charge in [0, 0.05) is 31.5 Å². The third kappa shape index (κ3) is 4.44. The number of carbonyl (C=O) groups excluding carboxylic acids is 1. The maximum absolute atomic E-state index is 12.7. The molecular formula is C20H23N5O4S. The fourth-order valence-corrected chi connectivity index (χ4v) is 4.37. The van der Waals surface area contributed by atoms with Gasteiger partial charge in [-0.05, 0) is 38.2 Å². The second kappa shape index (κ2) is 8.41. The number of aryl methyl sites for hydroxylation is 2. The van der Waals surface area contributed by atoms with Crippen molar-refractivity contribution in [3.8, 4) is 5.75 Å². The number of likely N-dealkylation sites (N-methyl/N-ethyl adjacent to an activating group) is 1. The molecule has 0 bridgehead atoms. The number of aromatic nitrogens is 3. The van der Waals surface area contributed by atoms with Gasteiger partial charge in [0.15, 0.2) is 5.89 Å². The van der Waals surface area contributed by atoms with Crippen LogP contribution in [0.4, 0.5) is 0 Å². The number of aromatic amines is 1. The van der Waals surface area contributed by atoms with Gasteiger partial charge in [-0.1, -0.05) is 11.3 Å². The van der Waals surface area contributed by atoms with Crippen LogP contribution in [0.25, 0.3) is 0 Å². The number of carbonyl (C=O) groups is 1. The molecule has 2 aromatic heterocycles. The maximum atomic E-state index is 12.7. The molecule has 2 atom stereocenters. The highest BCUT2D eigenvalue weighted by molar-refractivity contribution is 7.08. The molecule has 2 N–H and O–H groups in total. The molecule has 3 heterocycles. The van der Waals surface area contributed by atoms with Crippen molar-refractivity contribution in [2.45, 2.75) is 32.4 Å². The van der Waals surface area contributed by atoms with Crippen LogP contribution in [-0.2, 0) is 6.61 Å². The molecule has 1 aliphatic rings. The molecule has 1 saturated heterocycles. The van der Waals surface area contributed by atoms with E-state index >= 15 is 0 Å². The minimum atomic E-state index is -0.184. The minimum absolute atomic E-state index is 0.0142. The molecule has 0 saturated carbocycles. The Morgan fingerprint density at radius 2 is 2.10 bits per heavy atom. The monoisotopic (exact) mass is 429 g/mol. The van der Waals surface area contributed by atoms with Crippen LogP contribution in [0, 0.1) is 13.8 Å². The summed E-state index contributed by atoms with van der Waals surface area (Å²) in [6.45, 7) is 5.38. The molecule has 3 aromatic rings. The van der Waals surface area contributed by atoms with Crippen LogP contribution in [0.1, 0.15) is 38.6 Å². The zero-order chi connectivity index (χ0) is 21.3. The summed E-state index contributed by atoms with van der Waals surface area (Å²) >= 11 is 1.09. The Labute approximate surface area is 177 Å². The first-order chi connectivity index (χ1) is 14.4. The van der Waals surface area contributed by atoms with Gasteiger partial charge in [0.2, 0.25) is 0 Å². The average molecular weight is 430 g/mol. The minimum Gasteiger partial charge on any atom is -0.487 e. The summed E-state index contributed by atoms with van der Waals surface area (Å²) in [6.07, 6.45) is 0. The third-order valence-electron chi connectivity index (χ3n) is 5.08. The van der Waals surface area contributed by atoms with Crippen molar-refractivity contribution in [1.29, 1.82) is 0 Å². The number of nitrogens with one attached hydrogen (secondary N) is 2. The lowest BCUT2D eigenvalue weighted by atomic mass is 10.0. The number of rotatable bonds is 6. The van der Waals surface area contributed by atoms with E-state index in [2.05, 4.69) is 25.4 Å². The number of oxazole rings is 1. The van der Waals surface area contributed by atoms with Crippen LogP contribution in [0.15, 0.2) is 33.5 Å². The Kier molecular flexibility index (Phi) is 5.69.